The summed E-state index contributed by atoms with van der Waals surface area (Å²) in [4.78, 5) is 20.0. The Morgan fingerprint density at radius 2 is 1.88 bits per heavy atom. The molecule has 0 unspecified atom stereocenters. The molecule has 0 saturated carbocycles. The number of hydrogen-bond donors (Lipinski definition) is 1. The second-order valence-corrected chi connectivity index (χ2v) is 5.60. The Hall–Kier alpha value is -3.01. The molecular formula is C20H19N3O. The van der Waals surface area contributed by atoms with Crippen molar-refractivity contribution < 1.29 is 4.79 Å². The van der Waals surface area contributed by atoms with Gasteiger partial charge in [0.15, 0.2) is 5.78 Å². The Morgan fingerprint density at radius 3 is 2.58 bits per heavy atom. The highest BCUT2D eigenvalue weighted by molar-refractivity contribution is 5.95. The zero-order valence-electron chi connectivity index (χ0n) is 13.6. The molecule has 0 spiro atoms. The minimum atomic E-state index is 0.0687. The van der Waals surface area contributed by atoms with Crippen LogP contribution in [0, 0.1) is 0 Å². The van der Waals surface area contributed by atoms with Gasteiger partial charge in [-0.3, -0.25) is 9.78 Å². The largest absolute Gasteiger partial charge is 0.370 e. The number of Topliss-reactive ketones (excluding diaryl/α,β-unsaturated/α-hetero) is 1. The molecule has 0 aliphatic rings. The van der Waals surface area contributed by atoms with Gasteiger partial charge in [0.1, 0.15) is 5.82 Å². The highest BCUT2D eigenvalue weighted by atomic mass is 16.1. The molecule has 3 aromatic rings. The molecule has 1 N–H and O–H groups in total. The zero-order valence-corrected chi connectivity index (χ0v) is 13.6. The van der Waals surface area contributed by atoms with Crippen molar-refractivity contribution in [2.24, 2.45) is 0 Å². The molecule has 4 heteroatoms. The molecule has 0 fully saturated rings. The number of pyridine rings is 2. The Labute approximate surface area is 141 Å². The fourth-order valence-corrected chi connectivity index (χ4v) is 2.47. The number of aromatic nitrogens is 2. The van der Waals surface area contributed by atoms with Crippen LogP contribution >= 0.6 is 0 Å². The summed E-state index contributed by atoms with van der Waals surface area (Å²) in [5, 5.41) is 3.32. The monoisotopic (exact) mass is 317 g/mol. The summed E-state index contributed by atoms with van der Waals surface area (Å²) in [6.45, 7) is 2.39. The van der Waals surface area contributed by atoms with Gasteiger partial charge in [-0.25, -0.2) is 4.98 Å². The van der Waals surface area contributed by atoms with Crippen LogP contribution in [-0.2, 0) is 6.42 Å². The number of carbonyl (C=O) groups excluding carboxylic acids is 1. The first-order chi connectivity index (χ1) is 11.7. The maximum Gasteiger partial charge on any atom is 0.159 e. The molecule has 0 aliphatic carbocycles. The van der Waals surface area contributed by atoms with E-state index in [9.17, 15) is 4.79 Å². The molecule has 2 aromatic heterocycles. The van der Waals surface area contributed by atoms with Gasteiger partial charge in [-0.2, -0.15) is 0 Å². The van der Waals surface area contributed by atoms with E-state index in [0.717, 1.165) is 29.9 Å². The second-order valence-electron chi connectivity index (χ2n) is 5.60. The summed E-state index contributed by atoms with van der Waals surface area (Å²) in [6.07, 6.45) is 6.36. The minimum Gasteiger partial charge on any atom is -0.370 e. The van der Waals surface area contributed by atoms with Gasteiger partial charge in [0, 0.05) is 36.3 Å². The standard InChI is InChI=1S/C20H19N3O/c1-15(24)17-3-2-4-18(13-17)19-5-6-20(23-14-19)22-12-9-16-7-10-21-11-8-16/h2-8,10-11,13-14H,9,12H2,1H3,(H,22,23). The molecule has 0 radical (unpaired) electrons. The third-order valence-electron chi connectivity index (χ3n) is 3.84. The number of benzene rings is 1. The molecule has 1 aromatic carbocycles. The summed E-state index contributed by atoms with van der Waals surface area (Å²) >= 11 is 0. The minimum absolute atomic E-state index is 0.0687. The molecule has 120 valence electrons. The smallest absolute Gasteiger partial charge is 0.159 e. The summed E-state index contributed by atoms with van der Waals surface area (Å²) < 4.78 is 0. The molecule has 0 bridgehead atoms. The third-order valence-corrected chi connectivity index (χ3v) is 3.84. The molecule has 2 heterocycles. The summed E-state index contributed by atoms with van der Waals surface area (Å²) in [5.74, 6) is 0.912. The Morgan fingerprint density at radius 1 is 1.04 bits per heavy atom. The van der Waals surface area contributed by atoms with Crippen LogP contribution in [0.4, 0.5) is 5.82 Å². The van der Waals surface area contributed by atoms with E-state index in [2.05, 4.69) is 15.3 Å². The molecule has 4 nitrogen and oxygen atoms in total. The van der Waals surface area contributed by atoms with Crippen LogP contribution in [0.5, 0.6) is 0 Å². The number of nitrogens with one attached hydrogen (secondary N) is 1. The lowest BCUT2D eigenvalue weighted by atomic mass is 10.0. The summed E-state index contributed by atoms with van der Waals surface area (Å²) in [5.41, 5.74) is 3.96. The fraction of sp³-hybridized carbons (Fsp3) is 0.150. The van der Waals surface area contributed by atoms with Crippen molar-refractivity contribution in [1.82, 2.24) is 9.97 Å². The molecule has 3 rings (SSSR count). The molecule has 0 amide bonds. The van der Waals surface area contributed by atoms with Gasteiger partial charge in [-0.05, 0) is 54.8 Å². The van der Waals surface area contributed by atoms with Crippen molar-refractivity contribution in [3.05, 3.63) is 78.2 Å². The highest BCUT2D eigenvalue weighted by Crippen LogP contribution is 2.21. The quantitative estimate of drug-likeness (QED) is 0.698. The Bertz CT molecular complexity index is 814. The normalized spacial score (nSPS) is 10.4. The average Bonchev–Trinajstić information content (AvgIpc) is 2.63. The molecule has 0 atom stereocenters. The van der Waals surface area contributed by atoms with E-state index in [0.29, 0.717) is 5.56 Å². The predicted molar refractivity (Wildman–Crippen MR) is 96.1 cm³/mol. The highest BCUT2D eigenvalue weighted by Gasteiger charge is 2.03. The lowest BCUT2D eigenvalue weighted by Crippen LogP contribution is -2.06. The SMILES string of the molecule is CC(=O)c1cccc(-c2ccc(NCCc3ccncc3)nc2)c1. The van der Waals surface area contributed by atoms with Gasteiger partial charge in [0.25, 0.3) is 0 Å². The van der Waals surface area contributed by atoms with Crippen LogP contribution in [0.2, 0.25) is 0 Å². The van der Waals surface area contributed by atoms with Gasteiger partial charge in [0.2, 0.25) is 0 Å². The van der Waals surface area contributed by atoms with Gasteiger partial charge in [-0.1, -0.05) is 18.2 Å². The Kier molecular flexibility index (Phi) is 4.96. The van der Waals surface area contributed by atoms with E-state index in [1.54, 1.807) is 19.3 Å². The van der Waals surface area contributed by atoms with Crippen molar-refractivity contribution in [2.45, 2.75) is 13.3 Å². The first-order valence-corrected chi connectivity index (χ1v) is 7.92. The lowest BCUT2D eigenvalue weighted by Gasteiger charge is -2.07. The van der Waals surface area contributed by atoms with E-state index in [4.69, 9.17) is 0 Å². The number of nitrogens with zero attached hydrogens (tertiary/aromatic N) is 2. The second kappa shape index (κ2) is 7.51. The first kappa shape index (κ1) is 15.9. The van der Waals surface area contributed by atoms with E-state index in [1.165, 1.54) is 5.56 Å². The van der Waals surface area contributed by atoms with E-state index in [1.807, 2.05) is 54.7 Å². The van der Waals surface area contributed by atoms with Gasteiger partial charge >= 0.3 is 0 Å². The van der Waals surface area contributed by atoms with Crippen molar-refractivity contribution in [1.29, 1.82) is 0 Å². The molecule has 24 heavy (non-hydrogen) atoms. The number of ketones is 1. The van der Waals surface area contributed by atoms with Crippen LogP contribution in [0.15, 0.2) is 67.1 Å². The average molecular weight is 317 g/mol. The van der Waals surface area contributed by atoms with Crippen molar-refractivity contribution in [3.63, 3.8) is 0 Å². The molecule has 0 aliphatic heterocycles. The lowest BCUT2D eigenvalue weighted by molar-refractivity contribution is 0.101. The van der Waals surface area contributed by atoms with Crippen LogP contribution < -0.4 is 5.32 Å². The van der Waals surface area contributed by atoms with Gasteiger partial charge in [0.05, 0.1) is 0 Å². The van der Waals surface area contributed by atoms with Crippen LogP contribution in [0.1, 0.15) is 22.8 Å². The van der Waals surface area contributed by atoms with E-state index in [-0.39, 0.29) is 5.78 Å². The first-order valence-electron chi connectivity index (χ1n) is 7.92. The van der Waals surface area contributed by atoms with Crippen LogP contribution in [0.25, 0.3) is 11.1 Å². The van der Waals surface area contributed by atoms with Gasteiger partial charge < -0.3 is 5.32 Å². The van der Waals surface area contributed by atoms with Crippen LogP contribution in [-0.4, -0.2) is 22.3 Å². The summed E-state index contributed by atoms with van der Waals surface area (Å²) in [6, 6.07) is 15.6. The zero-order chi connectivity index (χ0) is 16.8. The van der Waals surface area contributed by atoms with Crippen molar-refractivity contribution in [2.75, 3.05) is 11.9 Å². The maximum atomic E-state index is 11.5. The predicted octanol–water partition coefficient (Wildman–Crippen LogP) is 4.00. The number of hydrogen-bond acceptors (Lipinski definition) is 4. The van der Waals surface area contributed by atoms with Gasteiger partial charge in [-0.15, -0.1) is 0 Å². The number of carbonyl (C=O) groups is 1. The fourth-order valence-electron chi connectivity index (χ4n) is 2.47. The van der Waals surface area contributed by atoms with Crippen molar-refractivity contribution in [3.8, 4) is 11.1 Å². The van der Waals surface area contributed by atoms with Crippen molar-refractivity contribution >= 4 is 11.6 Å². The van der Waals surface area contributed by atoms with E-state index < -0.39 is 0 Å². The topological polar surface area (TPSA) is 54.9 Å². The molecular weight excluding hydrogens is 298 g/mol. The Balaban J connectivity index is 1.63. The third kappa shape index (κ3) is 4.04. The summed E-state index contributed by atoms with van der Waals surface area (Å²) in [7, 11) is 0. The van der Waals surface area contributed by atoms with Crippen LogP contribution in [0.3, 0.4) is 0 Å². The van der Waals surface area contributed by atoms with E-state index >= 15 is 0 Å². The number of rotatable bonds is 6. The number of anilines is 1. The molecule has 0 saturated heterocycles. The maximum absolute atomic E-state index is 11.5.